The predicted molar refractivity (Wildman–Crippen MR) is 67.2 cm³/mol. The lowest BCUT2D eigenvalue weighted by atomic mass is 10.1. The van der Waals surface area contributed by atoms with Gasteiger partial charge in [0.15, 0.2) is 0 Å². The summed E-state index contributed by atoms with van der Waals surface area (Å²) >= 11 is 7.03. The van der Waals surface area contributed by atoms with Crippen molar-refractivity contribution in [1.82, 2.24) is 4.90 Å². The molecule has 0 amide bonds. The van der Waals surface area contributed by atoms with Gasteiger partial charge in [-0.25, -0.2) is 0 Å². The van der Waals surface area contributed by atoms with E-state index in [1.165, 1.54) is 11.3 Å². The largest absolute Gasteiger partial charge is 0.338 e. The zero-order valence-corrected chi connectivity index (χ0v) is 9.57. The SMILES string of the molecule is CN1C(=S)CSC=C1c1ccccc1. The van der Waals surface area contributed by atoms with E-state index in [-0.39, 0.29) is 0 Å². The van der Waals surface area contributed by atoms with Gasteiger partial charge in [0.2, 0.25) is 0 Å². The van der Waals surface area contributed by atoms with E-state index in [1.807, 2.05) is 25.2 Å². The van der Waals surface area contributed by atoms with Crippen LogP contribution in [0.2, 0.25) is 0 Å². The van der Waals surface area contributed by atoms with Gasteiger partial charge in [-0.1, -0.05) is 42.5 Å². The van der Waals surface area contributed by atoms with Crippen LogP contribution in [0.15, 0.2) is 35.7 Å². The van der Waals surface area contributed by atoms with Crippen molar-refractivity contribution in [2.45, 2.75) is 0 Å². The summed E-state index contributed by atoms with van der Waals surface area (Å²) in [5.41, 5.74) is 2.43. The second-order valence-corrected chi connectivity index (χ2v) is 4.46. The van der Waals surface area contributed by atoms with E-state index in [1.54, 1.807) is 11.8 Å². The number of thioether (sulfide) groups is 1. The van der Waals surface area contributed by atoms with Crippen LogP contribution in [-0.4, -0.2) is 22.7 Å². The van der Waals surface area contributed by atoms with Gasteiger partial charge < -0.3 is 4.90 Å². The van der Waals surface area contributed by atoms with Gasteiger partial charge in [-0.05, 0) is 11.0 Å². The second kappa shape index (κ2) is 4.15. The molecule has 2 rings (SSSR count). The lowest BCUT2D eigenvalue weighted by Gasteiger charge is -2.26. The standard InChI is InChI=1S/C11H11NS2/c1-12-10(7-14-8-11(12)13)9-5-3-2-4-6-9/h2-7H,8H2,1H3. The summed E-state index contributed by atoms with van der Waals surface area (Å²) in [6.07, 6.45) is 0. The van der Waals surface area contributed by atoms with E-state index >= 15 is 0 Å². The van der Waals surface area contributed by atoms with Crippen LogP contribution >= 0.6 is 24.0 Å². The number of rotatable bonds is 1. The van der Waals surface area contributed by atoms with Crippen molar-refractivity contribution in [3.63, 3.8) is 0 Å². The van der Waals surface area contributed by atoms with Gasteiger partial charge in [0.05, 0.1) is 10.7 Å². The van der Waals surface area contributed by atoms with Crippen LogP contribution in [0.25, 0.3) is 5.70 Å². The van der Waals surface area contributed by atoms with Gasteiger partial charge >= 0.3 is 0 Å². The van der Waals surface area contributed by atoms with Gasteiger partial charge in [-0.15, -0.1) is 11.8 Å². The maximum absolute atomic E-state index is 5.27. The third kappa shape index (κ3) is 1.83. The van der Waals surface area contributed by atoms with Crippen molar-refractivity contribution in [3.8, 4) is 0 Å². The maximum atomic E-state index is 5.27. The molecule has 0 unspecified atom stereocenters. The molecule has 0 radical (unpaired) electrons. The highest BCUT2D eigenvalue weighted by molar-refractivity contribution is 8.04. The molecular weight excluding hydrogens is 210 g/mol. The first-order chi connectivity index (χ1) is 6.79. The summed E-state index contributed by atoms with van der Waals surface area (Å²) in [5, 5.41) is 2.17. The molecule has 0 aliphatic carbocycles. The van der Waals surface area contributed by atoms with Crippen LogP contribution in [-0.2, 0) is 0 Å². The third-order valence-corrected chi connectivity index (χ3v) is 3.64. The lowest BCUT2D eigenvalue weighted by molar-refractivity contribution is 0.729. The minimum absolute atomic E-state index is 0.919. The molecule has 0 atom stereocenters. The van der Waals surface area contributed by atoms with E-state index in [0.29, 0.717) is 0 Å². The first-order valence-electron chi connectivity index (χ1n) is 4.43. The Kier molecular flexibility index (Phi) is 2.89. The molecule has 0 saturated carbocycles. The van der Waals surface area contributed by atoms with Crippen LogP contribution in [0.4, 0.5) is 0 Å². The second-order valence-electron chi connectivity index (χ2n) is 3.13. The fourth-order valence-electron chi connectivity index (χ4n) is 1.37. The Bertz CT molecular complexity index is 370. The molecule has 0 saturated heterocycles. The molecular formula is C11H11NS2. The average molecular weight is 221 g/mol. The average Bonchev–Trinajstić information content (AvgIpc) is 2.23. The van der Waals surface area contributed by atoms with Gasteiger partial charge in [-0.2, -0.15) is 0 Å². The Morgan fingerprint density at radius 1 is 1.29 bits per heavy atom. The Hall–Kier alpha value is -0.800. The molecule has 0 spiro atoms. The monoisotopic (exact) mass is 221 g/mol. The molecule has 0 N–H and O–H groups in total. The minimum Gasteiger partial charge on any atom is -0.338 e. The third-order valence-electron chi connectivity index (χ3n) is 2.21. The van der Waals surface area contributed by atoms with Crippen molar-refractivity contribution in [3.05, 3.63) is 41.3 Å². The highest BCUT2D eigenvalue weighted by Gasteiger charge is 2.15. The number of hydrogen-bond acceptors (Lipinski definition) is 2. The fourth-order valence-corrected chi connectivity index (χ4v) is 2.55. The Labute approximate surface area is 93.8 Å². The summed E-state index contributed by atoms with van der Waals surface area (Å²) in [6.45, 7) is 0. The molecule has 1 aliphatic rings. The smallest absolute Gasteiger partial charge is 0.0925 e. The molecule has 14 heavy (non-hydrogen) atoms. The minimum atomic E-state index is 0.919. The van der Waals surface area contributed by atoms with Crippen molar-refractivity contribution < 1.29 is 0 Å². The van der Waals surface area contributed by atoms with Gasteiger partial charge in [0.1, 0.15) is 0 Å². The Balaban J connectivity index is 2.35. The van der Waals surface area contributed by atoms with E-state index < -0.39 is 0 Å². The van der Waals surface area contributed by atoms with Crippen LogP contribution in [0.1, 0.15) is 5.56 Å². The summed E-state index contributed by atoms with van der Waals surface area (Å²) in [7, 11) is 2.03. The molecule has 1 aliphatic heterocycles. The van der Waals surface area contributed by atoms with Crippen LogP contribution in [0.5, 0.6) is 0 Å². The van der Waals surface area contributed by atoms with Crippen molar-refractivity contribution in [2.24, 2.45) is 0 Å². The highest BCUT2D eigenvalue weighted by atomic mass is 32.2. The zero-order valence-electron chi connectivity index (χ0n) is 7.93. The lowest BCUT2D eigenvalue weighted by Crippen LogP contribution is -2.27. The van der Waals surface area contributed by atoms with E-state index in [0.717, 1.165) is 10.7 Å². The summed E-state index contributed by atoms with van der Waals surface area (Å²) in [5.74, 6) is 0.919. The fraction of sp³-hybridized carbons (Fsp3) is 0.182. The molecule has 0 aromatic heterocycles. The molecule has 72 valence electrons. The van der Waals surface area contributed by atoms with Crippen molar-refractivity contribution in [2.75, 3.05) is 12.8 Å². The zero-order chi connectivity index (χ0) is 9.97. The number of benzene rings is 1. The highest BCUT2D eigenvalue weighted by Crippen LogP contribution is 2.26. The number of nitrogens with zero attached hydrogens (tertiary/aromatic N) is 1. The molecule has 1 aromatic rings. The number of hydrogen-bond donors (Lipinski definition) is 0. The Morgan fingerprint density at radius 2 is 2.00 bits per heavy atom. The summed E-state index contributed by atoms with van der Waals surface area (Å²) in [6, 6.07) is 10.3. The predicted octanol–water partition coefficient (Wildman–Crippen LogP) is 2.99. The first kappa shape index (κ1) is 9.74. The normalized spacial score (nSPS) is 16.8. The van der Waals surface area contributed by atoms with E-state index in [9.17, 15) is 0 Å². The summed E-state index contributed by atoms with van der Waals surface area (Å²) < 4.78 is 0. The van der Waals surface area contributed by atoms with Crippen LogP contribution in [0.3, 0.4) is 0 Å². The van der Waals surface area contributed by atoms with Crippen LogP contribution < -0.4 is 0 Å². The molecule has 0 bridgehead atoms. The van der Waals surface area contributed by atoms with Gasteiger partial charge in [-0.3, -0.25) is 0 Å². The Morgan fingerprint density at radius 3 is 2.71 bits per heavy atom. The van der Waals surface area contributed by atoms with E-state index in [4.69, 9.17) is 12.2 Å². The van der Waals surface area contributed by atoms with Crippen LogP contribution in [0, 0.1) is 0 Å². The van der Waals surface area contributed by atoms with E-state index in [2.05, 4.69) is 22.4 Å². The molecule has 1 aromatic carbocycles. The first-order valence-corrected chi connectivity index (χ1v) is 5.88. The summed E-state index contributed by atoms with van der Waals surface area (Å²) in [4.78, 5) is 3.08. The maximum Gasteiger partial charge on any atom is 0.0925 e. The molecule has 1 nitrogen and oxygen atoms in total. The molecule has 3 heteroatoms. The molecule has 0 fully saturated rings. The number of thiocarbonyl (C=S) groups is 1. The quantitative estimate of drug-likeness (QED) is 0.671. The van der Waals surface area contributed by atoms with Crippen molar-refractivity contribution in [1.29, 1.82) is 0 Å². The molecule has 1 heterocycles. The van der Waals surface area contributed by atoms with Gasteiger partial charge in [0.25, 0.3) is 0 Å². The topological polar surface area (TPSA) is 3.24 Å². The van der Waals surface area contributed by atoms with Gasteiger partial charge in [0, 0.05) is 12.8 Å². The van der Waals surface area contributed by atoms with Crippen molar-refractivity contribution >= 4 is 34.7 Å².